The molecule has 7 heteroatoms. The SMILES string of the molecule is O=C(N[C@@H](CO)C(=O)NN1CCOCC1)c1ccc2ccccc2c1. The van der Waals surface area contributed by atoms with E-state index in [1.165, 1.54) is 0 Å². The number of carbonyl (C=O) groups excluding carboxylic acids is 2. The van der Waals surface area contributed by atoms with Crippen LogP contribution in [0, 0.1) is 0 Å². The van der Waals surface area contributed by atoms with Crippen molar-refractivity contribution in [1.82, 2.24) is 15.8 Å². The highest BCUT2D eigenvalue weighted by atomic mass is 16.5. The van der Waals surface area contributed by atoms with E-state index in [1.54, 1.807) is 17.1 Å². The van der Waals surface area contributed by atoms with Crippen LogP contribution in [0.2, 0.25) is 0 Å². The van der Waals surface area contributed by atoms with Crippen molar-refractivity contribution < 1.29 is 19.4 Å². The number of amides is 2. The molecule has 3 N–H and O–H groups in total. The first-order chi connectivity index (χ1) is 12.2. The molecule has 0 saturated carbocycles. The van der Waals surface area contributed by atoms with Gasteiger partial charge in [0.2, 0.25) is 0 Å². The van der Waals surface area contributed by atoms with Gasteiger partial charge in [0.1, 0.15) is 6.04 Å². The summed E-state index contributed by atoms with van der Waals surface area (Å²) in [5.41, 5.74) is 3.14. The van der Waals surface area contributed by atoms with Gasteiger partial charge in [-0.15, -0.1) is 0 Å². The van der Waals surface area contributed by atoms with E-state index in [4.69, 9.17) is 4.74 Å². The number of aliphatic hydroxyl groups is 1. The monoisotopic (exact) mass is 343 g/mol. The Kier molecular flexibility index (Phi) is 5.60. The van der Waals surface area contributed by atoms with E-state index in [0.717, 1.165) is 10.8 Å². The summed E-state index contributed by atoms with van der Waals surface area (Å²) in [7, 11) is 0. The van der Waals surface area contributed by atoms with Gasteiger partial charge in [-0.05, 0) is 22.9 Å². The molecule has 1 atom stereocenters. The predicted molar refractivity (Wildman–Crippen MR) is 92.8 cm³/mol. The molecule has 0 bridgehead atoms. The summed E-state index contributed by atoms with van der Waals surface area (Å²) in [6.45, 7) is 1.74. The van der Waals surface area contributed by atoms with Crippen molar-refractivity contribution in [3.63, 3.8) is 0 Å². The third-order valence-electron chi connectivity index (χ3n) is 4.10. The zero-order valence-corrected chi connectivity index (χ0v) is 13.8. The molecule has 2 aromatic carbocycles. The predicted octanol–water partition coefficient (Wildman–Crippen LogP) is 0.294. The second kappa shape index (κ2) is 8.06. The van der Waals surface area contributed by atoms with Gasteiger partial charge in [0.05, 0.1) is 19.8 Å². The molecule has 0 unspecified atom stereocenters. The molecular formula is C18H21N3O4. The van der Waals surface area contributed by atoms with E-state index in [1.807, 2.05) is 30.3 Å². The smallest absolute Gasteiger partial charge is 0.259 e. The number of ether oxygens (including phenoxy) is 1. The molecule has 1 aliphatic heterocycles. The summed E-state index contributed by atoms with van der Waals surface area (Å²) in [6.07, 6.45) is 0. The standard InChI is InChI=1S/C18H21N3O4/c22-12-16(18(24)20-21-7-9-25-10-8-21)19-17(23)15-6-5-13-3-1-2-4-14(13)11-15/h1-6,11,16,22H,7-10,12H2,(H,19,23)(H,20,24)/t16-/m0/s1. The fraction of sp³-hybridized carbons (Fsp3) is 0.333. The van der Waals surface area contributed by atoms with E-state index in [-0.39, 0.29) is 0 Å². The van der Waals surface area contributed by atoms with Gasteiger partial charge in [0.15, 0.2) is 0 Å². The molecule has 2 aromatic rings. The second-order valence-electron chi connectivity index (χ2n) is 5.85. The molecule has 25 heavy (non-hydrogen) atoms. The second-order valence-corrected chi connectivity index (χ2v) is 5.85. The van der Waals surface area contributed by atoms with Crippen LogP contribution in [0.1, 0.15) is 10.4 Å². The van der Waals surface area contributed by atoms with Gasteiger partial charge in [0.25, 0.3) is 11.8 Å². The molecular weight excluding hydrogens is 322 g/mol. The number of hydrogen-bond acceptors (Lipinski definition) is 5. The van der Waals surface area contributed by atoms with Gasteiger partial charge < -0.3 is 15.2 Å². The summed E-state index contributed by atoms with van der Waals surface area (Å²) < 4.78 is 5.21. The minimum Gasteiger partial charge on any atom is -0.394 e. The van der Waals surface area contributed by atoms with Crippen LogP contribution in [0.15, 0.2) is 42.5 Å². The number of hydrazine groups is 1. The van der Waals surface area contributed by atoms with Crippen molar-refractivity contribution in [1.29, 1.82) is 0 Å². The molecule has 1 saturated heterocycles. The van der Waals surface area contributed by atoms with Gasteiger partial charge >= 0.3 is 0 Å². The number of nitrogens with one attached hydrogen (secondary N) is 2. The summed E-state index contributed by atoms with van der Waals surface area (Å²) >= 11 is 0. The highest BCUT2D eigenvalue weighted by Crippen LogP contribution is 2.15. The Hall–Kier alpha value is -2.48. The minimum atomic E-state index is -1.01. The average molecular weight is 343 g/mol. The molecule has 0 aliphatic carbocycles. The Bertz CT molecular complexity index is 759. The average Bonchev–Trinajstić information content (AvgIpc) is 2.66. The van der Waals surface area contributed by atoms with E-state index < -0.39 is 24.5 Å². The topological polar surface area (TPSA) is 90.9 Å². The quantitative estimate of drug-likeness (QED) is 0.726. The number of benzene rings is 2. The van der Waals surface area contributed by atoms with Crippen molar-refractivity contribution in [2.24, 2.45) is 0 Å². The maximum atomic E-state index is 12.4. The van der Waals surface area contributed by atoms with E-state index in [9.17, 15) is 14.7 Å². The number of fused-ring (bicyclic) bond motifs is 1. The van der Waals surface area contributed by atoms with Crippen molar-refractivity contribution in [2.45, 2.75) is 6.04 Å². The zero-order chi connectivity index (χ0) is 17.6. The highest BCUT2D eigenvalue weighted by Gasteiger charge is 2.23. The molecule has 132 valence electrons. The Morgan fingerprint density at radius 1 is 1.12 bits per heavy atom. The number of hydrogen-bond donors (Lipinski definition) is 3. The zero-order valence-electron chi connectivity index (χ0n) is 13.8. The Balaban J connectivity index is 1.64. The number of rotatable bonds is 5. The number of nitrogens with zero attached hydrogens (tertiary/aromatic N) is 1. The Labute approximate surface area is 145 Å². The number of carbonyl (C=O) groups is 2. The largest absolute Gasteiger partial charge is 0.394 e. The van der Waals surface area contributed by atoms with Gasteiger partial charge in [0, 0.05) is 18.7 Å². The summed E-state index contributed by atoms with van der Waals surface area (Å²) in [4.78, 5) is 24.7. The number of morpholine rings is 1. The molecule has 0 aromatic heterocycles. The van der Waals surface area contributed by atoms with Crippen LogP contribution in [-0.4, -0.2) is 60.9 Å². The lowest BCUT2D eigenvalue weighted by molar-refractivity contribution is -0.130. The highest BCUT2D eigenvalue weighted by molar-refractivity contribution is 6.00. The lowest BCUT2D eigenvalue weighted by Crippen LogP contribution is -2.56. The molecule has 0 radical (unpaired) electrons. The first-order valence-electron chi connectivity index (χ1n) is 8.21. The third-order valence-corrected chi connectivity index (χ3v) is 4.10. The van der Waals surface area contributed by atoms with Gasteiger partial charge in [-0.25, -0.2) is 5.01 Å². The van der Waals surface area contributed by atoms with Crippen molar-refractivity contribution >= 4 is 22.6 Å². The molecule has 2 amide bonds. The first-order valence-corrected chi connectivity index (χ1v) is 8.21. The van der Waals surface area contributed by atoms with Crippen molar-refractivity contribution in [2.75, 3.05) is 32.9 Å². The van der Waals surface area contributed by atoms with Crippen LogP contribution < -0.4 is 10.7 Å². The summed E-state index contributed by atoms with van der Waals surface area (Å²) in [6, 6.07) is 12.0. The fourth-order valence-electron chi connectivity index (χ4n) is 2.68. The van der Waals surface area contributed by atoms with E-state index in [0.29, 0.717) is 31.9 Å². The van der Waals surface area contributed by atoms with E-state index >= 15 is 0 Å². The van der Waals surface area contributed by atoms with Crippen molar-refractivity contribution in [3.05, 3.63) is 48.0 Å². The van der Waals surface area contributed by atoms with Crippen LogP contribution >= 0.6 is 0 Å². The van der Waals surface area contributed by atoms with Crippen LogP contribution in [0.25, 0.3) is 10.8 Å². The molecule has 1 heterocycles. The minimum absolute atomic E-state index is 0.401. The fourth-order valence-corrected chi connectivity index (χ4v) is 2.68. The molecule has 1 aliphatic rings. The normalized spacial score (nSPS) is 16.4. The molecule has 7 nitrogen and oxygen atoms in total. The van der Waals surface area contributed by atoms with Crippen LogP contribution in [0.5, 0.6) is 0 Å². The maximum Gasteiger partial charge on any atom is 0.259 e. The van der Waals surface area contributed by atoms with Crippen LogP contribution in [0.3, 0.4) is 0 Å². The van der Waals surface area contributed by atoms with Crippen LogP contribution in [-0.2, 0) is 9.53 Å². The Morgan fingerprint density at radius 2 is 1.84 bits per heavy atom. The lowest BCUT2D eigenvalue weighted by atomic mass is 10.1. The summed E-state index contributed by atoms with van der Waals surface area (Å²) in [5.74, 6) is -0.847. The van der Waals surface area contributed by atoms with Crippen LogP contribution in [0.4, 0.5) is 0 Å². The summed E-state index contributed by atoms with van der Waals surface area (Å²) in [5, 5.41) is 15.7. The first kappa shape index (κ1) is 17.3. The molecule has 3 rings (SSSR count). The number of aliphatic hydroxyl groups excluding tert-OH is 1. The van der Waals surface area contributed by atoms with Gasteiger partial charge in [-0.3, -0.25) is 15.0 Å². The lowest BCUT2D eigenvalue weighted by Gasteiger charge is -2.28. The molecule has 0 spiro atoms. The molecule has 1 fully saturated rings. The maximum absolute atomic E-state index is 12.4. The third kappa shape index (κ3) is 4.33. The Morgan fingerprint density at radius 3 is 2.56 bits per heavy atom. The van der Waals surface area contributed by atoms with Crippen molar-refractivity contribution in [3.8, 4) is 0 Å². The van der Waals surface area contributed by atoms with Gasteiger partial charge in [-0.1, -0.05) is 30.3 Å². The van der Waals surface area contributed by atoms with E-state index in [2.05, 4.69) is 10.7 Å². The van der Waals surface area contributed by atoms with Gasteiger partial charge in [-0.2, -0.15) is 0 Å².